The van der Waals surface area contributed by atoms with Crippen LogP contribution >= 0.6 is 0 Å². The minimum atomic E-state index is -0.355. The van der Waals surface area contributed by atoms with Gasteiger partial charge in [0.25, 0.3) is 5.91 Å². The van der Waals surface area contributed by atoms with Gasteiger partial charge >= 0.3 is 0 Å². The van der Waals surface area contributed by atoms with Crippen molar-refractivity contribution in [2.45, 2.75) is 13.5 Å². The number of nitrogens with one attached hydrogen (secondary N) is 1. The molecular weight excluding hydrogens is 391 g/mol. The minimum absolute atomic E-state index is 0.125. The van der Waals surface area contributed by atoms with Crippen LogP contribution < -0.4 is 10.1 Å². The molecule has 30 heavy (non-hydrogen) atoms. The first-order valence-corrected chi connectivity index (χ1v) is 9.09. The summed E-state index contributed by atoms with van der Waals surface area (Å²) in [6.45, 7) is 1.89. The van der Waals surface area contributed by atoms with E-state index in [1.54, 1.807) is 56.2 Å². The summed E-state index contributed by atoms with van der Waals surface area (Å²) in [5.74, 6) is 0.608. The normalized spacial score (nSPS) is 10.9. The molecule has 9 nitrogen and oxygen atoms in total. The number of halogens is 1. The first-order chi connectivity index (χ1) is 14.4. The van der Waals surface area contributed by atoms with Gasteiger partial charge in [0.15, 0.2) is 5.82 Å². The second kappa shape index (κ2) is 7.82. The molecule has 0 unspecified atom stereocenters. The van der Waals surface area contributed by atoms with Gasteiger partial charge in [-0.25, -0.2) is 4.39 Å². The second-order valence-electron chi connectivity index (χ2n) is 6.68. The first-order valence-electron chi connectivity index (χ1n) is 9.09. The van der Waals surface area contributed by atoms with Gasteiger partial charge < -0.3 is 14.6 Å². The van der Waals surface area contributed by atoms with Gasteiger partial charge in [0.05, 0.1) is 5.56 Å². The summed E-state index contributed by atoms with van der Waals surface area (Å²) in [5.41, 5.74) is 2.31. The number of nitrogens with zero attached hydrogens (tertiary/aromatic N) is 5. The number of aryl methyl sites for hydroxylation is 3. The Morgan fingerprint density at radius 3 is 2.67 bits per heavy atom. The molecule has 0 aliphatic rings. The zero-order valence-electron chi connectivity index (χ0n) is 16.6. The monoisotopic (exact) mass is 410 g/mol. The van der Waals surface area contributed by atoms with Crippen molar-refractivity contribution in [3.8, 4) is 17.1 Å². The highest BCUT2D eigenvalue weighted by Crippen LogP contribution is 2.27. The molecule has 0 aliphatic carbocycles. The number of aromatic nitrogens is 5. The number of carbonyl (C=O) groups is 1. The fraction of sp³-hybridized carbons (Fsp3) is 0.200. The number of anilines is 1. The Kier molecular flexibility index (Phi) is 5.05. The fourth-order valence-electron chi connectivity index (χ4n) is 2.93. The van der Waals surface area contributed by atoms with Gasteiger partial charge in [-0.15, -0.1) is 5.10 Å². The summed E-state index contributed by atoms with van der Waals surface area (Å²) >= 11 is 0. The van der Waals surface area contributed by atoms with E-state index < -0.39 is 0 Å². The number of ether oxygens (including phenoxy) is 1. The Morgan fingerprint density at radius 1 is 1.20 bits per heavy atom. The molecule has 0 aliphatic heterocycles. The summed E-state index contributed by atoms with van der Waals surface area (Å²) in [4.78, 5) is 12.5. The van der Waals surface area contributed by atoms with Gasteiger partial charge in [-0.1, -0.05) is 5.16 Å². The van der Waals surface area contributed by atoms with Crippen molar-refractivity contribution < 1.29 is 18.4 Å². The van der Waals surface area contributed by atoms with Crippen LogP contribution in [0.2, 0.25) is 0 Å². The molecule has 154 valence electrons. The van der Waals surface area contributed by atoms with Crippen molar-refractivity contribution in [3.05, 3.63) is 65.4 Å². The highest BCUT2D eigenvalue weighted by molar-refractivity contribution is 6.02. The smallest absolute Gasteiger partial charge is 0.275 e. The molecule has 1 amide bonds. The van der Waals surface area contributed by atoms with Crippen LogP contribution in [-0.4, -0.2) is 30.6 Å². The van der Waals surface area contributed by atoms with Gasteiger partial charge in [0, 0.05) is 38.0 Å². The van der Waals surface area contributed by atoms with Crippen molar-refractivity contribution >= 4 is 11.7 Å². The van der Waals surface area contributed by atoms with Crippen molar-refractivity contribution in [2.24, 2.45) is 14.1 Å². The van der Waals surface area contributed by atoms with Gasteiger partial charge in [-0.05, 0) is 31.2 Å². The summed E-state index contributed by atoms with van der Waals surface area (Å²) in [6.07, 6.45) is 1.73. The lowest BCUT2D eigenvalue weighted by molar-refractivity contribution is 0.101. The van der Waals surface area contributed by atoms with E-state index in [1.165, 1.54) is 16.8 Å². The second-order valence-corrected chi connectivity index (χ2v) is 6.68. The van der Waals surface area contributed by atoms with E-state index in [1.807, 2.05) is 0 Å². The molecule has 10 heteroatoms. The van der Waals surface area contributed by atoms with Crippen LogP contribution in [0.4, 0.5) is 10.2 Å². The number of hydrogen-bond acceptors (Lipinski definition) is 6. The Labute approximate surface area is 171 Å². The van der Waals surface area contributed by atoms with Crippen LogP contribution in [0.3, 0.4) is 0 Å². The van der Waals surface area contributed by atoms with Crippen LogP contribution in [0.25, 0.3) is 11.3 Å². The maximum atomic E-state index is 13.2. The third kappa shape index (κ3) is 3.93. The van der Waals surface area contributed by atoms with E-state index in [9.17, 15) is 9.18 Å². The van der Waals surface area contributed by atoms with E-state index in [2.05, 4.69) is 20.7 Å². The van der Waals surface area contributed by atoms with Crippen molar-refractivity contribution in [2.75, 3.05) is 5.32 Å². The lowest BCUT2D eigenvalue weighted by atomic mass is 10.1. The molecule has 3 heterocycles. The number of carbonyl (C=O) groups excluding carboxylic acids is 1. The van der Waals surface area contributed by atoms with E-state index in [0.717, 1.165) is 0 Å². The lowest BCUT2D eigenvalue weighted by Gasteiger charge is -2.04. The highest BCUT2D eigenvalue weighted by Gasteiger charge is 2.18. The molecule has 4 aromatic rings. The average molecular weight is 410 g/mol. The van der Waals surface area contributed by atoms with Crippen LogP contribution in [0.5, 0.6) is 5.88 Å². The van der Waals surface area contributed by atoms with Crippen molar-refractivity contribution in [1.82, 2.24) is 24.7 Å². The SMILES string of the molecule is Cc1onc(-c2ccc(F)cc2)c1COc1cc(C(=O)Nc2ccn(C)n2)n(C)n1. The summed E-state index contributed by atoms with van der Waals surface area (Å²) in [6, 6.07) is 9.19. The molecule has 1 N–H and O–H groups in total. The Hall–Kier alpha value is -3.95. The molecule has 0 bridgehead atoms. The van der Waals surface area contributed by atoms with Gasteiger partial charge in [0.2, 0.25) is 5.88 Å². The summed E-state index contributed by atoms with van der Waals surface area (Å²) in [5, 5.41) is 15.1. The fourth-order valence-corrected chi connectivity index (χ4v) is 2.93. The van der Waals surface area contributed by atoms with Crippen LogP contribution in [0, 0.1) is 12.7 Å². The standard InChI is InChI=1S/C20H19FN6O3/c1-12-15(19(25-30-12)13-4-6-14(21)7-5-13)11-29-18-10-16(27(3)24-18)20(28)22-17-8-9-26(2)23-17/h4-10H,11H2,1-3H3,(H,22,23,28). The molecule has 0 radical (unpaired) electrons. The predicted molar refractivity (Wildman–Crippen MR) is 105 cm³/mol. The third-order valence-corrected chi connectivity index (χ3v) is 4.51. The zero-order valence-corrected chi connectivity index (χ0v) is 16.6. The Balaban J connectivity index is 1.49. The van der Waals surface area contributed by atoms with E-state index in [4.69, 9.17) is 9.26 Å². The molecule has 0 atom stereocenters. The van der Waals surface area contributed by atoms with Crippen molar-refractivity contribution in [1.29, 1.82) is 0 Å². The molecule has 3 aromatic heterocycles. The van der Waals surface area contributed by atoms with Crippen molar-refractivity contribution in [3.63, 3.8) is 0 Å². The average Bonchev–Trinajstić information content (AvgIpc) is 3.40. The molecule has 0 saturated carbocycles. The molecule has 0 spiro atoms. The van der Waals surface area contributed by atoms with Crippen LogP contribution in [-0.2, 0) is 20.7 Å². The maximum absolute atomic E-state index is 13.2. The minimum Gasteiger partial charge on any atom is -0.471 e. The summed E-state index contributed by atoms with van der Waals surface area (Å²) < 4.78 is 27.3. The van der Waals surface area contributed by atoms with Gasteiger partial charge in [0.1, 0.15) is 29.6 Å². The molecular formula is C20H19FN6O3. The van der Waals surface area contributed by atoms with Gasteiger partial charge in [-0.2, -0.15) is 5.10 Å². The van der Waals surface area contributed by atoms with E-state index in [0.29, 0.717) is 34.1 Å². The molecule has 1 aromatic carbocycles. The molecule has 0 fully saturated rings. The number of amides is 1. The van der Waals surface area contributed by atoms with Crippen LogP contribution in [0.15, 0.2) is 47.1 Å². The topological polar surface area (TPSA) is 100 Å². The summed E-state index contributed by atoms with van der Waals surface area (Å²) in [7, 11) is 3.41. The zero-order chi connectivity index (χ0) is 21.3. The van der Waals surface area contributed by atoms with Gasteiger partial charge in [-0.3, -0.25) is 14.2 Å². The van der Waals surface area contributed by atoms with E-state index in [-0.39, 0.29) is 24.2 Å². The largest absolute Gasteiger partial charge is 0.471 e. The van der Waals surface area contributed by atoms with E-state index >= 15 is 0 Å². The van der Waals surface area contributed by atoms with Crippen LogP contribution in [0.1, 0.15) is 21.8 Å². The predicted octanol–water partition coefficient (Wildman–Crippen LogP) is 3.09. The molecule has 4 rings (SSSR count). The molecule has 0 saturated heterocycles. The Bertz CT molecular complexity index is 1190. The number of benzene rings is 1. The number of rotatable bonds is 6. The third-order valence-electron chi connectivity index (χ3n) is 4.51. The Morgan fingerprint density at radius 2 is 1.97 bits per heavy atom. The highest BCUT2D eigenvalue weighted by atomic mass is 19.1. The lowest BCUT2D eigenvalue weighted by Crippen LogP contribution is -2.16. The number of hydrogen-bond donors (Lipinski definition) is 1. The first kappa shape index (κ1) is 19.4. The maximum Gasteiger partial charge on any atom is 0.275 e. The quantitative estimate of drug-likeness (QED) is 0.524.